The van der Waals surface area contributed by atoms with E-state index in [9.17, 15) is 14.9 Å². The average molecular weight is 511 g/mol. The van der Waals surface area contributed by atoms with Crippen molar-refractivity contribution < 1.29 is 14.5 Å². The van der Waals surface area contributed by atoms with Gasteiger partial charge in [0.1, 0.15) is 11.8 Å². The Kier molecular flexibility index (Phi) is 8.04. The van der Waals surface area contributed by atoms with E-state index in [2.05, 4.69) is 20.6 Å². The van der Waals surface area contributed by atoms with Gasteiger partial charge in [-0.25, -0.2) is 9.78 Å². The Labute approximate surface area is 208 Å². The van der Waals surface area contributed by atoms with Gasteiger partial charge in [0.05, 0.1) is 11.0 Å². The summed E-state index contributed by atoms with van der Waals surface area (Å²) in [6.07, 6.45) is 1.63. The summed E-state index contributed by atoms with van der Waals surface area (Å²) in [6.45, 7) is 8.96. The maximum Gasteiger partial charge on any atom is 0.410 e. The van der Waals surface area contributed by atoms with Crippen LogP contribution >= 0.6 is 23.2 Å². The van der Waals surface area contributed by atoms with Gasteiger partial charge in [0.2, 0.25) is 11.8 Å². The Morgan fingerprint density at radius 3 is 2.79 bits per heavy atom. The van der Waals surface area contributed by atoms with E-state index in [1.807, 2.05) is 20.8 Å². The number of nitrogens with one attached hydrogen (secondary N) is 2. The van der Waals surface area contributed by atoms with Gasteiger partial charge in [-0.1, -0.05) is 23.2 Å². The highest BCUT2D eigenvalue weighted by atomic mass is 35.5. The third-order valence-electron chi connectivity index (χ3n) is 5.23. The van der Waals surface area contributed by atoms with Crippen LogP contribution in [0, 0.1) is 16.0 Å². The molecule has 3 rings (SSSR count). The summed E-state index contributed by atoms with van der Waals surface area (Å²) >= 11 is 12.3. The average Bonchev–Trinajstić information content (AvgIpc) is 3.22. The fourth-order valence-corrected chi connectivity index (χ4v) is 4.02. The van der Waals surface area contributed by atoms with E-state index in [1.54, 1.807) is 30.0 Å². The molecular weight excluding hydrogens is 483 g/mol. The number of anilines is 2. The first-order valence-corrected chi connectivity index (χ1v) is 11.6. The predicted molar refractivity (Wildman–Crippen MR) is 132 cm³/mol. The smallest absolute Gasteiger partial charge is 0.410 e. The highest BCUT2D eigenvalue weighted by Crippen LogP contribution is 2.31. The molecule has 2 atom stereocenters. The Morgan fingerprint density at radius 2 is 2.12 bits per heavy atom. The van der Waals surface area contributed by atoms with E-state index < -0.39 is 16.6 Å². The number of carbonyl (C=O) groups excluding carboxylic acids is 1. The summed E-state index contributed by atoms with van der Waals surface area (Å²) in [7, 11) is 0. The van der Waals surface area contributed by atoms with Crippen LogP contribution in [0.3, 0.4) is 0 Å². The molecule has 2 N–H and O–H groups in total. The number of hydrogen-bond acceptors (Lipinski definition) is 8. The number of benzene rings is 1. The van der Waals surface area contributed by atoms with E-state index >= 15 is 0 Å². The first kappa shape index (κ1) is 25.8. The Bertz CT molecular complexity index is 1060. The molecule has 0 aliphatic carbocycles. The van der Waals surface area contributed by atoms with E-state index in [0.717, 1.165) is 12.6 Å². The largest absolute Gasteiger partial charge is 0.444 e. The van der Waals surface area contributed by atoms with Gasteiger partial charge >= 0.3 is 11.8 Å². The van der Waals surface area contributed by atoms with E-state index in [0.29, 0.717) is 35.2 Å². The van der Waals surface area contributed by atoms with Crippen molar-refractivity contribution in [2.24, 2.45) is 5.92 Å². The van der Waals surface area contributed by atoms with Crippen LogP contribution < -0.4 is 10.6 Å². The molecule has 2 aromatic rings. The van der Waals surface area contributed by atoms with Crippen LogP contribution in [0.25, 0.3) is 0 Å². The van der Waals surface area contributed by atoms with Gasteiger partial charge in [-0.3, -0.25) is 10.1 Å². The van der Waals surface area contributed by atoms with Crippen LogP contribution in [0.1, 0.15) is 45.7 Å². The normalized spacial score (nSPS) is 16.8. The molecule has 0 radical (unpaired) electrons. The maximum absolute atomic E-state index is 12.3. The summed E-state index contributed by atoms with van der Waals surface area (Å²) in [5.74, 6) is 0.480. The summed E-state index contributed by atoms with van der Waals surface area (Å²) < 4.78 is 5.43. The van der Waals surface area contributed by atoms with Crippen molar-refractivity contribution in [3.8, 4) is 0 Å². The van der Waals surface area contributed by atoms with Gasteiger partial charge in [-0.05, 0) is 63.8 Å². The summed E-state index contributed by atoms with van der Waals surface area (Å²) in [4.78, 5) is 33.3. The predicted octanol–water partition coefficient (Wildman–Crippen LogP) is 5.53. The second-order valence-corrected chi connectivity index (χ2v) is 10.0. The topological polar surface area (TPSA) is 123 Å². The van der Waals surface area contributed by atoms with Crippen molar-refractivity contribution in [1.82, 2.24) is 14.9 Å². The SMILES string of the molecule is CC(Nc1nc(NCC2CCN(C(=O)OC(C)(C)C)C2)ncc1[N+](=O)[O-])c1cc(Cl)ccc1Cl. The summed E-state index contributed by atoms with van der Waals surface area (Å²) in [5.41, 5.74) is -0.118. The highest BCUT2D eigenvalue weighted by molar-refractivity contribution is 6.33. The molecule has 1 amide bonds. The fraction of sp³-hybridized carbons (Fsp3) is 0.500. The van der Waals surface area contributed by atoms with Gasteiger partial charge in [-0.2, -0.15) is 4.98 Å². The number of hydrogen-bond donors (Lipinski definition) is 2. The molecule has 0 bridgehead atoms. The van der Waals surface area contributed by atoms with Crippen molar-refractivity contribution >= 4 is 46.7 Å². The van der Waals surface area contributed by atoms with Crippen molar-refractivity contribution in [2.45, 2.75) is 45.8 Å². The molecule has 2 unspecified atom stereocenters. The number of rotatable bonds is 7. The fourth-order valence-electron chi connectivity index (χ4n) is 3.56. The highest BCUT2D eigenvalue weighted by Gasteiger charge is 2.30. The molecule has 1 fully saturated rings. The molecule has 0 spiro atoms. The van der Waals surface area contributed by atoms with Crippen molar-refractivity contribution in [1.29, 1.82) is 0 Å². The van der Waals surface area contributed by atoms with Crippen LogP contribution in [-0.4, -0.2) is 51.1 Å². The molecule has 1 aromatic heterocycles. The first-order chi connectivity index (χ1) is 15.9. The number of amides is 1. The Hall–Kier alpha value is -2.85. The third-order valence-corrected chi connectivity index (χ3v) is 5.81. The number of nitro groups is 1. The molecule has 10 nitrogen and oxygen atoms in total. The van der Waals surface area contributed by atoms with Gasteiger partial charge in [0.15, 0.2) is 0 Å². The first-order valence-electron chi connectivity index (χ1n) is 10.9. The second-order valence-electron chi connectivity index (χ2n) is 9.18. The van der Waals surface area contributed by atoms with Crippen LogP contribution in [0.4, 0.5) is 22.2 Å². The van der Waals surface area contributed by atoms with Crippen LogP contribution in [0.2, 0.25) is 10.0 Å². The third kappa shape index (κ3) is 6.83. The van der Waals surface area contributed by atoms with E-state index in [-0.39, 0.29) is 29.5 Å². The molecular formula is C22H28Cl2N6O4. The van der Waals surface area contributed by atoms with E-state index in [1.165, 1.54) is 0 Å². The number of ether oxygens (including phenoxy) is 1. The minimum absolute atomic E-state index is 0.0628. The lowest BCUT2D eigenvalue weighted by Crippen LogP contribution is -2.35. The van der Waals surface area contributed by atoms with Crippen molar-refractivity contribution in [3.63, 3.8) is 0 Å². The zero-order valence-corrected chi connectivity index (χ0v) is 21.0. The number of nitrogens with zero attached hydrogens (tertiary/aromatic N) is 4. The van der Waals surface area contributed by atoms with Crippen LogP contribution in [0.5, 0.6) is 0 Å². The van der Waals surface area contributed by atoms with Gasteiger partial charge < -0.3 is 20.3 Å². The second kappa shape index (κ2) is 10.6. The number of aromatic nitrogens is 2. The van der Waals surface area contributed by atoms with Gasteiger partial charge in [-0.15, -0.1) is 0 Å². The zero-order valence-electron chi connectivity index (χ0n) is 19.5. The number of halogens is 2. The quantitative estimate of drug-likeness (QED) is 0.367. The summed E-state index contributed by atoms with van der Waals surface area (Å²) in [6, 6.07) is 4.64. The monoisotopic (exact) mass is 510 g/mol. The van der Waals surface area contributed by atoms with Gasteiger partial charge in [0, 0.05) is 29.7 Å². The zero-order chi connectivity index (χ0) is 25.0. The minimum Gasteiger partial charge on any atom is -0.444 e. The molecule has 1 aliphatic rings. The molecule has 0 saturated carbocycles. The Balaban J connectivity index is 1.66. The molecule has 2 heterocycles. The molecule has 1 aliphatic heterocycles. The lowest BCUT2D eigenvalue weighted by atomic mass is 10.1. The molecule has 1 saturated heterocycles. The lowest BCUT2D eigenvalue weighted by molar-refractivity contribution is -0.384. The molecule has 12 heteroatoms. The van der Waals surface area contributed by atoms with Crippen molar-refractivity contribution in [2.75, 3.05) is 30.3 Å². The lowest BCUT2D eigenvalue weighted by Gasteiger charge is -2.24. The summed E-state index contributed by atoms with van der Waals surface area (Å²) in [5, 5.41) is 18.7. The van der Waals surface area contributed by atoms with E-state index in [4.69, 9.17) is 27.9 Å². The number of likely N-dealkylation sites (tertiary alicyclic amines) is 1. The standard InChI is InChI=1S/C22H28Cl2N6O4/c1-13(16-9-15(23)5-6-17(16)24)27-19-18(30(32)33)11-26-20(28-19)25-10-14-7-8-29(12-14)21(31)34-22(2,3)4/h5-6,9,11,13-14H,7-8,10,12H2,1-4H3,(H2,25,26,27,28). The minimum atomic E-state index is -0.548. The number of carbonyl (C=O) groups is 1. The van der Waals surface area contributed by atoms with Crippen LogP contribution in [-0.2, 0) is 4.74 Å². The maximum atomic E-state index is 12.3. The molecule has 184 valence electrons. The van der Waals surface area contributed by atoms with Crippen molar-refractivity contribution in [3.05, 3.63) is 50.1 Å². The van der Waals surface area contributed by atoms with Gasteiger partial charge in [0.25, 0.3) is 0 Å². The van der Waals surface area contributed by atoms with Crippen LogP contribution in [0.15, 0.2) is 24.4 Å². The Morgan fingerprint density at radius 1 is 1.38 bits per heavy atom. The molecule has 34 heavy (non-hydrogen) atoms. The molecule has 1 aromatic carbocycles.